The van der Waals surface area contributed by atoms with Crippen LogP contribution in [0.4, 0.5) is 0 Å². The third-order valence-corrected chi connectivity index (χ3v) is 4.74. The summed E-state index contributed by atoms with van der Waals surface area (Å²) < 4.78 is 11.3. The molecule has 2 rings (SSSR count). The predicted octanol–water partition coefficient (Wildman–Crippen LogP) is 3.78. The molecule has 0 fully saturated rings. The zero-order valence-corrected chi connectivity index (χ0v) is 13.3. The van der Waals surface area contributed by atoms with Gasteiger partial charge in [-0.05, 0) is 30.5 Å². The molecule has 0 bridgehead atoms. The Morgan fingerprint density at radius 3 is 2.37 bits per heavy atom. The van der Waals surface area contributed by atoms with Crippen molar-refractivity contribution in [3.05, 3.63) is 44.6 Å². The van der Waals surface area contributed by atoms with Crippen molar-refractivity contribution in [2.24, 2.45) is 0 Å². The Balaban J connectivity index is 2.56. The Morgan fingerprint density at radius 1 is 1.21 bits per heavy atom. The molecular weight excluding hydrogens is 328 g/mol. The quantitative estimate of drug-likeness (QED) is 0.918. The first kappa shape index (κ1) is 14.4. The standard InChI is InChI=1S/C14H15BrO3S/c1-14(16,13-5-4-6-19-13)9-7-11(17-2)12(18-3)8-10(9)15/h4-8,16H,1-3H3. The molecule has 1 unspecified atom stereocenters. The molecule has 19 heavy (non-hydrogen) atoms. The molecule has 1 aromatic carbocycles. The summed E-state index contributed by atoms with van der Waals surface area (Å²) in [5, 5.41) is 12.7. The number of aliphatic hydroxyl groups is 1. The molecule has 0 saturated heterocycles. The summed E-state index contributed by atoms with van der Waals surface area (Å²) in [5.41, 5.74) is -0.334. The summed E-state index contributed by atoms with van der Waals surface area (Å²) in [4.78, 5) is 0.875. The third-order valence-electron chi connectivity index (χ3n) is 3.00. The normalized spacial score (nSPS) is 13.9. The number of methoxy groups -OCH3 is 2. The van der Waals surface area contributed by atoms with Gasteiger partial charge in [0, 0.05) is 14.9 Å². The van der Waals surface area contributed by atoms with Crippen LogP contribution < -0.4 is 9.47 Å². The van der Waals surface area contributed by atoms with Gasteiger partial charge in [0.15, 0.2) is 11.5 Å². The highest BCUT2D eigenvalue weighted by Crippen LogP contribution is 2.41. The van der Waals surface area contributed by atoms with Crippen molar-refractivity contribution in [2.75, 3.05) is 14.2 Å². The van der Waals surface area contributed by atoms with Crippen LogP contribution in [0.3, 0.4) is 0 Å². The molecule has 0 aliphatic carbocycles. The van der Waals surface area contributed by atoms with Crippen LogP contribution in [0, 0.1) is 0 Å². The Hall–Kier alpha value is -1.04. The number of thiophene rings is 1. The molecule has 0 spiro atoms. The fourth-order valence-electron chi connectivity index (χ4n) is 1.92. The van der Waals surface area contributed by atoms with Gasteiger partial charge >= 0.3 is 0 Å². The molecule has 1 atom stereocenters. The van der Waals surface area contributed by atoms with Crippen LogP contribution in [0.25, 0.3) is 0 Å². The average Bonchev–Trinajstić information content (AvgIpc) is 2.92. The van der Waals surface area contributed by atoms with E-state index in [1.807, 2.05) is 17.5 Å². The van der Waals surface area contributed by atoms with Crippen molar-refractivity contribution in [3.63, 3.8) is 0 Å². The van der Waals surface area contributed by atoms with Gasteiger partial charge in [0.05, 0.1) is 14.2 Å². The van der Waals surface area contributed by atoms with Crippen LogP contribution in [0.5, 0.6) is 11.5 Å². The van der Waals surface area contributed by atoms with Gasteiger partial charge in [-0.3, -0.25) is 0 Å². The van der Waals surface area contributed by atoms with Gasteiger partial charge in [-0.2, -0.15) is 0 Å². The Kier molecular flexibility index (Phi) is 4.18. The van der Waals surface area contributed by atoms with Crippen molar-refractivity contribution in [1.29, 1.82) is 0 Å². The summed E-state index contributed by atoms with van der Waals surface area (Å²) in [6, 6.07) is 7.43. The van der Waals surface area contributed by atoms with E-state index in [0.717, 1.165) is 14.9 Å². The predicted molar refractivity (Wildman–Crippen MR) is 80.2 cm³/mol. The largest absolute Gasteiger partial charge is 0.493 e. The van der Waals surface area contributed by atoms with Crippen LogP contribution in [-0.4, -0.2) is 19.3 Å². The first-order valence-corrected chi connectivity index (χ1v) is 7.36. The number of ether oxygens (including phenoxy) is 2. The number of hydrogen-bond acceptors (Lipinski definition) is 4. The topological polar surface area (TPSA) is 38.7 Å². The third kappa shape index (κ3) is 2.63. The fraction of sp³-hybridized carbons (Fsp3) is 0.286. The first-order chi connectivity index (χ1) is 9.00. The lowest BCUT2D eigenvalue weighted by Gasteiger charge is -2.25. The molecule has 0 amide bonds. The maximum atomic E-state index is 10.8. The van der Waals surface area contributed by atoms with E-state index in [0.29, 0.717) is 11.5 Å². The minimum Gasteiger partial charge on any atom is -0.493 e. The molecule has 0 aliphatic heterocycles. The van der Waals surface area contributed by atoms with E-state index in [1.54, 1.807) is 33.3 Å². The van der Waals surface area contributed by atoms with Gasteiger partial charge in [0.25, 0.3) is 0 Å². The van der Waals surface area contributed by atoms with Crippen LogP contribution >= 0.6 is 27.3 Å². The Morgan fingerprint density at radius 2 is 1.84 bits per heavy atom. The molecule has 3 nitrogen and oxygen atoms in total. The summed E-state index contributed by atoms with van der Waals surface area (Å²) in [5.74, 6) is 1.22. The summed E-state index contributed by atoms with van der Waals surface area (Å²) in [7, 11) is 3.16. The molecule has 5 heteroatoms. The van der Waals surface area contributed by atoms with Crippen molar-refractivity contribution in [1.82, 2.24) is 0 Å². The molecule has 0 radical (unpaired) electrons. The van der Waals surface area contributed by atoms with E-state index >= 15 is 0 Å². The van der Waals surface area contributed by atoms with Crippen molar-refractivity contribution in [2.45, 2.75) is 12.5 Å². The van der Waals surface area contributed by atoms with E-state index in [-0.39, 0.29) is 0 Å². The average molecular weight is 343 g/mol. The lowest BCUT2D eigenvalue weighted by molar-refractivity contribution is 0.105. The minimum absolute atomic E-state index is 0.595. The minimum atomic E-state index is -1.08. The first-order valence-electron chi connectivity index (χ1n) is 5.69. The number of hydrogen-bond donors (Lipinski definition) is 1. The highest BCUT2D eigenvalue weighted by atomic mass is 79.9. The van der Waals surface area contributed by atoms with Crippen molar-refractivity contribution < 1.29 is 14.6 Å². The van der Waals surface area contributed by atoms with E-state index in [1.165, 1.54) is 11.3 Å². The van der Waals surface area contributed by atoms with Crippen LogP contribution in [-0.2, 0) is 5.60 Å². The SMILES string of the molecule is COc1cc(Br)c(C(C)(O)c2cccs2)cc1OC. The highest BCUT2D eigenvalue weighted by Gasteiger charge is 2.30. The molecule has 1 N–H and O–H groups in total. The lowest BCUT2D eigenvalue weighted by Crippen LogP contribution is -2.22. The van der Waals surface area contributed by atoms with Crippen LogP contribution in [0.2, 0.25) is 0 Å². The lowest BCUT2D eigenvalue weighted by atomic mass is 9.94. The second kappa shape index (κ2) is 5.53. The Labute approximate surface area is 124 Å². The number of halogens is 1. The zero-order chi connectivity index (χ0) is 14.0. The second-order valence-electron chi connectivity index (χ2n) is 4.24. The molecule has 1 heterocycles. The Bertz CT molecular complexity index is 564. The smallest absolute Gasteiger partial charge is 0.161 e. The van der Waals surface area contributed by atoms with E-state index < -0.39 is 5.60 Å². The number of rotatable bonds is 4. The van der Waals surface area contributed by atoms with Crippen molar-refractivity contribution >= 4 is 27.3 Å². The molecule has 0 aliphatic rings. The molecule has 0 saturated carbocycles. The van der Waals surface area contributed by atoms with Crippen molar-refractivity contribution in [3.8, 4) is 11.5 Å². The van der Waals surface area contributed by atoms with Gasteiger partial charge in [0.1, 0.15) is 5.60 Å². The molecule has 102 valence electrons. The summed E-state index contributed by atoms with van der Waals surface area (Å²) >= 11 is 5.00. The molecular formula is C14H15BrO3S. The van der Waals surface area contributed by atoms with E-state index in [2.05, 4.69) is 15.9 Å². The monoisotopic (exact) mass is 342 g/mol. The van der Waals surface area contributed by atoms with Crippen LogP contribution in [0.1, 0.15) is 17.4 Å². The summed E-state index contributed by atoms with van der Waals surface area (Å²) in [6.45, 7) is 1.77. The second-order valence-corrected chi connectivity index (χ2v) is 6.04. The van der Waals surface area contributed by atoms with E-state index in [4.69, 9.17) is 9.47 Å². The van der Waals surface area contributed by atoms with Gasteiger partial charge < -0.3 is 14.6 Å². The molecule has 2 aromatic rings. The molecule has 1 aromatic heterocycles. The van der Waals surface area contributed by atoms with Gasteiger partial charge in [0.2, 0.25) is 0 Å². The fourth-order valence-corrected chi connectivity index (χ4v) is 3.42. The number of benzene rings is 1. The maximum Gasteiger partial charge on any atom is 0.161 e. The maximum absolute atomic E-state index is 10.8. The summed E-state index contributed by atoms with van der Waals surface area (Å²) in [6.07, 6.45) is 0. The highest BCUT2D eigenvalue weighted by molar-refractivity contribution is 9.10. The van der Waals surface area contributed by atoms with Crippen LogP contribution in [0.15, 0.2) is 34.1 Å². The zero-order valence-electron chi connectivity index (χ0n) is 10.9. The van der Waals surface area contributed by atoms with E-state index in [9.17, 15) is 5.11 Å². The van der Waals surface area contributed by atoms with Gasteiger partial charge in [-0.15, -0.1) is 11.3 Å². The van der Waals surface area contributed by atoms with Gasteiger partial charge in [-0.25, -0.2) is 0 Å². The van der Waals surface area contributed by atoms with Gasteiger partial charge in [-0.1, -0.05) is 22.0 Å².